The summed E-state index contributed by atoms with van der Waals surface area (Å²) in [6, 6.07) is 0. The van der Waals surface area contributed by atoms with Gasteiger partial charge in [0.25, 0.3) is 0 Å². The van der Waals surface area contributed by atoms with E-state index in [9.17, 15) is 9.90 Å². The highest BCUT2D eigenvalue weighted by Crippen LogP contribution is 2.41. The minimum atomic E-state index is -1.28. The number of aliphatic hydroxyl groups is 1. The molecule has 0 saturated carbocycles. The lowest BCUT2D eigenvalue weighted by atomic mass is 9.68. The van der Waals surface area contributed by atoms with Crippen LogP contribution in [-0.2, 0) is 4.79 Å². The minimum absolute atomic E-state index is 0.161. The van der Waals surface area contributed by atoms with Crippen LogP contribution in [-0.4, -0.2) is 21.8 Å². The van der Waals surface area contributed by atoms with Crippen LogP contribution in [0, 0.1) is 11.3 Å². The first-order valence-corrected chi connectivity index (χ1v) is 6.44. The summed E-state index contributed by atoms with van der Waals surface area (Å²) in [4.78, 5) is 10.7. The second kappa shape index (κ2) is 5.27. The van der Waals surface area contributed by atoms with Crippen LogP contribution >= 0.6 is 0 Å². The number of aliphatic carboxylic acids is 1. The lowest BCUT2D eigenvalue weighted by Crippen LogP contribution is -2.29. The molecule has 0 heterocycles. The van der Waals surface area contributed by atoms with Crippen molar-refractivity contribution in [2.24, 2.45) is 11.3 Å². The first-order valence-electron chi connectivity index (χ1n) is 6.44. The van der Waals surface area contributed by atoms with E-state index in [1.807, 2.05) is 6.08 Å². The molecule has 0 spiro atoms. The number of carboxylic acids is 1. The molecule has 1 aliphatic rings. The second-order valence-corrected chi connectivity index (χ2v) is 6.24. The molecule has 0 saturated heterocycles. The molecule has 0 aliphatic heterocycles. The molecule has 0 amide bonds. The number of rotatable bonds is 4. The average Bonchev–Trinajstić information content (AvgIpc) is 2.13. The summed E-state index contributed by atoms with van der Waals surface area (Å²) in [6.45, 7) is 8.06. The van der Waals surface area contributed by atoms with Crippen molar-refractivity contribution in [2.75, 3.05) is 0 Å². The summed E-state index contributed by atoms with van der Waals surface area (Å²) in [5.74, 6) is -0.716. The third kappa shape index (κ3) is 3.98. The Labute approximate surface area is 109 Å². The molecule has 0 aromatic carbocycles. The number of allylic oxidation sites excluding steroid dienone is 3. The Balaban J connectivity index is 2.84. The molecular weight excluding hydrogens is 228 g/mol. The van der Waals surface area contributed by atoms with Crippen LogP contribution in [0.15, 0.2) is 23.8 Å². The third-order valence-electron chi connectivity index (χ3n) is 3.74. The SMILES string of the molecule is CC1=CCCC(C)(C)C1C=CC(C)(O)CC(=O)O. The van der Waals surface area contributed by atoms with Gasteiger partial charge >= 0.3 is 5.97 Å². The summed E-state index contributed by atoms with van der Waals surface area (Å²) in [5, 5.41) is 18.7. The van der Waals surface area contributed by atoms with E-state index in [2.05, 4.69) is 26.8 Å². The molecular formula is C15H24O3. The van der Waals surface area contributed by atoms with E-state index in [0.717, 1.165) is 12.8 Å². The Bertz CT molecular complexity index is 375. The van der Waals surface area contributed by atoms with Crippen LogP contribution in [0.25, 0.3) is 0 Å². The van der Waals surface area contributed by atoms with Crippen molar-refractivity contribution in [1.82, 2.24) is 0 Å². The highest BCUT2D eigenvalue weighted by Gasteiger charge is 2.31. The van der Waals surface area contributed by atoms with Crippen molar-refractivity contribution in [3.8, 4) is 0 Å². The predicted octanol–water partition coefficient (Wildman–Crippen LogP) is 3.15. The van der Waals surface area contributed by atoms with Gasteiger partial charge in [0.2, 0.25) is 0 Å². The van der Waals surface area contributed by atoms with Gasteiger partial charge in [0.1, 0.15) is 0 Å². The smallest absolute Gasteiger partial charge is 0.306 e. The van der Waals surface area contributed by atoms with Crippen molar-refractivity contribution in [1.29, 1.82) is 0 Å². The molecule has 1 rings (SSSR count). The maximum absolute atomic E-state index is 10.7. The molecule has 2 unspecified atom stereocenters. The molecule has 18 heavy (non-hydrogen) atoms. The third-order valence-corrected chi connectivity index (χ3v) is 3.74. The van der Waals surface area contributed by atoms with Gasteiger partial charge in [-0.2, -0.15) is 0 Å². The molecule has 0 bridgehead atoms. The second-order valence-electron chi connectivity index (χ2n) is 6.24. The molecule has 3 heteroatoms. The zero-order valence-electron chi connectivity index (χ0n) is 11.7. The Kier molecular flexibility index (Phi) is 4.38. The summed E-state index contributed by atoms with van der Waals surface area (Å²) in [5.41, 5.74) is 0.183. The van der Waals surface area contributed by atoms with Crippen LogP contribution in [0.3, 0.4) is 0 Å². The van der Waals surface area contributed by atoms with E-state index in [4.69, 9.17) is 5.11 Å². The molecule has 2 N–H and O–H groups in total. The first kappa shape index (κ1) is 15.0. The monoisotopic (exact) mass is 252 g/mol. The van der Waals surface area contributed by atoms with Crippen molar-refractivity contribution in [3.05, 3.63) is 23.8 Å². The van der Waals surface area contributed by atoms with Gasteiger partial charge in [0, 0.05) is 5.92 Å². The summed E-state index contributed by atoms with van der Waals surface area (Å²) < 4.78 is 0. The molecule has 3 nitrogen and oxygen atoms in total. The fourth-order valence-electron chi connectivity index (χ4n) is 2.65. The average molecular weight is 252 g/mol. The highest BCUT2D eigenvalue weighted by atomic mass is 16.4. The lowest BCUT2D eigenvalue weighted by molar-refractivity contribution is -0.140. The van der Waals surface area contributed by atoms with Crippen LogP contribution in [0.1, 0.15) is 47.0 Å². The van der Waals surface area contributed by atoms with E-state index in [1.54, 1.807) is 6.08 Å². The van der Waals surface area contributed by atoms with Crippen LogP contribution in [0.4, 0.5) is 0 Å². The van der Waals surface area contributed by atoms with Gasteiger partial charge in [-0.25, -0.2) is 0 Å². The number of carboxylic acid groups (broad SMARTS) is 1. The number of hydrogen-bond donors (Lipinski definition) is 2. The summed E-state index contributed by atoms with van der Waals surface area (Å²) in [7, 11) is 0. The van der Waals surface area contributed by atoms with Crippen molar-refractivity contribution in [3.63, 3.8) is 0 Å². The van der Waals surface area contributed by atoms with Gasteiger partial charge < -0.3 is 10.2 Å². The van der Waals surface area contributed by atoms with Gasteiger partial charge in [0.05, 0.1) is 12.0 Å². The molecule has 1 aliphatic carbocycles. The Morgan fingerprint density at radius 2 is 2.22 bits per heavy atom. The normalized spacial score (nSPS) is 26.7. The van der Waals surface area contributed by atoms with Gasteiger partial charge in [-0.1, -0.05) is 37.6 Å². The van der Waals surface area contributed by atoms with E-state index < -0.39 is 11.6 Å². The molecule has 0 aromatic rings. The maximum Gasteiger partial charge on any atom is 0.306 e. The van der Waals surface area contributed by atoms with Crippen LogP contribution in [0.5, 0.6) is 0 Å². The first-order chi connectivity index (χ1) is 8.14. The standard InChI is InChI=1S/C15H24O3/c1-11-6-5-8-14(2,3)12(11)7-9-15(4,18)10-13(16)17/h6-7,9,12,18H,5,8,10H2,1-4H3,(H,16,17). The number of hydrogen-bond acceptors (Lipinski definition) is 2. The molecule has 0 radical (unpaired) electrons. The van der Waals surface area contributed by atoms with Crippen LogP contribution < -0.4 is 0 Å². The fourth-order valence-corrected chi connectivity index (χ4v) is 2.65. The van der Waals surface area contributed by atoms with E-state index in [-0.39, 0.29) is 17.8 Å². The highest BCUT2D eigenvalue weighted by molar-refractivity contribution is 5.68. The largest absolute Gasteiger partial charge is 0.481 e. The van der Waals surface area contributed by atoms with Gasteiger partial charge in [-0.05, 0) is 32.1 Å². The van der Waals surface area contributed by atoms with Crippen LogP contribution in [0.2, 0.25) is 0 Å². The van der Waals surface area contributed by atoms with Crippen molar-refractivity contribution < 1.29 is 15.0 Å². The van der Waals surface area contributed by atoms with E-state index in [1.165, 1.54) is 12.5 Å². The Morgan fingerprint density at radius 1 is 1.61 bits per heavy atom. The topological polar surface area (TPSA) is 57.5 Å². The fraction of sp³-hybridized carbons (Fsp3) is 0.667. The Hall–Kier alpha value is -1.09. The molecule has 102 valence electrons. The minimum Gasteiger partial charge on any atom is -0.481 e. The zero-order valence-corrected chi connectivity index (χ0v) is 11.7. The Morgan fingerprint density at radius 3 is 2.72 bits per heavy atom. The van der Waals surface area contributed by atoms with E-state index >= 15 is 0 Å². The summed E-state index contributed by atoms with van der Waals surface area (Å²) >= 11 is 0. The number of carbonyl (C=O) groups is 1. The predicted molar refractivity (Wildman–Crippen MR) is 72.3 cm³/mol. The molecule has 0 fully saturated rings. The quantitative estimate of drug-likeness (QED) is 0.756. The lowest BCUT2D eigenvalue weighted by Gasteiger charge is -2.37. The van der Waals surface area contributed by atoms with Gasteiger partial charge in [0.15, 0.2) is 0 Å². The molecule has 0 aromatic heterocycles. The summed E-state index contributed by atoms with van der Waals surface area (Å²) in [6.07, 6.45) is 7.77. The van der Waals surface area contributed by atoms with Crippen molar-refractivity contribution in [2.45, 2.75) is 52.6 Å². The van der Waals surface area contributed by atoms with Gasteiger partial charge in [-0.3, -0.25) is 4.79 Å². The molecule has 2 atom stereocenters. The van der Waals surface area contributed by atoms with E-state index in [0.29, 0.717) is 0 Å². The zero-order chi connectivity index (χ0) is 14.0. The maximum atomic E-state index is 10.7. The van der Waals surface area contributed by atoms with Crippen molar-refractivity contribution >= 4 is 5.97 Å². The van der Waals surface area contributed by atoms with Gasteiger partial charge in [-0.15, -0.1) is 0 Å².